The van der Waals surface area contributed by atoms with E-state index in [4.69, 9.17) is 14.2 Å². The van der Waals surface area contributed by atoms with Crippen LogP contribution in [0.4, 0.5) is 0 Å². The van der Waals surface area contributed by atoms with Crippen LogP contribution in [0.1, 0.15) is 21.5 Å². The molecule has 3 rings (SSSR count). The fourth-order valence-electron chi connectivity index (χ4n) is 2.52. The van der Waals surface area contributed by atoms with Crippen LogP contribution in [0.2, 0.25) is 0 Å². The van der Waals surface area contributed by atoms with Crippen molar-refractivity contribution in [2.24, 2.45) is 0 Å². The number of para-hydroxylation sites is 1. The lowest BCUT2D eigenvalue weighted by atomic mass is 10.1. The largest absolute Gasteiger partial charge is 0.490 e. The molecule has 0 aliphatic heterocycles. The van der Waals surface area contributed by atoms with E-state index in [1.54, 1.807) is 24.3 Å². The molecule has 0 heterocycles. The number of benzene rings is 3. The number of rotatable bonds is 7. The number of hydrogen-bond donors (Lipinski definition) is 0. The van der Waals surface area contributed by atoms with Gasteiger partial charge in [-0.05, 0) is 61.4 Å². The summed E-state index contributed by atoms with van der Waals surface area (Å²) in [5, 5.41) is 0. The molecule has 0 aliphatic rings. The summed E-state index contributed by atoms with van der Waals surface area (Å²) >= 11 is 0. The van der Waals surface area contributed by atoms with Crippen molar-refractivity contribution in [3.63, 3.8) is 0 Å². The highest BCUT2D eigenvalue weighted by molar-refractivity contribution is 5.91. The number of esters is 1. The molecule has 0 saturated carbocycles. The SMILES string of the molecule is Cc1ccc(C)c(OC(=O)c2cccc(OCCOc3ccccc3)c2)c1. The molecule has 0 fully saturated rings. The maximum absolute atomic E-state index is 12.4. The average Bonchev–Trinajstić information content (AvgIpc) is 2.69. The first-order valence-electron chi connectivity index (χ1n) is 8.82. The standard InChI is InChI=1S/C23H22O4/c1-17-11-12-18(2)22(15-17)27-23(24)19-7-6-10-21(16-19)26-14-13-25-20-8-4-3-5-9-20/h3-12,15-16H,13-14H2,1-2H3. The fraction of sp³-hybridized carbons (Fsp3) is 0.174. The van der Waals surface area contributed by atoms with Crippen LogP contribution in [0.3, 0.4) is 0 Å². The van der Waals surface area contributed by atoms with Gasteiger partial charge in [0.15, 0.2) is 0 Å². The van der Waals surface area contributed by atoms with Crippen molar-refractivity contribution >= 4 is 5.97 Å². The first kappa shape index (κ1) is 18.5. The predicted octanol–water partition coefficient (Wildman–Crippen LogP) is 4.98. The van der Waals surface area contributed by atoms with Crippen molar-refractivity contribution in [1.29, 1.82) is 0 Å². The molecule has 0 aliphatic carbocycles. The molecule has 0 spiro atoms. The lowest BCUT2D eigenvalue weighted by Crippen LogP contribution is -2.11. The second-order valence-corrected chi connectivity index (χ2v) is 6.20. The predicted molar refractivity (Wildman–Crippen MR) is 105 cm³/mol. The molecule has 0 radical (unpaired) electrons. The molecule has 138 valence electrons. The average molecular weight is 362 g/mol. The Morgan fingerprint density at radius 3 is 2.26 bits per heavy atom. The van der Waals surface area contributed by atoms with Crippen molar-refractivity contribution in [2.45, 2.75) is 13.8 Å². The summed E-state index contributed by atoms with van der Waals surface area (Å²) in [6, 6.07) is 22.3. The Balaban J connectivity index is 1.56. The van der Waals surface area contributed by atoms with Gasteiger partial charge in [0.2, 0.25) is 0 Å². The van der Waals surface area contributed by atoms with E-state index in [1.165, 1.54) is 0 Å². The Kier molecular flexibility index (Phi) is 6.10. The first-order valence-corrected chi connectivity index (χ1v) is 8.82. The van der Waals surface area contributed by atoms with Crippen LogP contribution in [0.5, 0.6) is 17.2 Å². The van der Waals surface area contributed by atoms with Crippen molar-refractivity contribution in [1.82, 2.24) is 0 Å². The highest BCUT2D eigenvalue weighted by atomic mass is 16.5. The number of carbonyl (C=O) groups is 1. The molecule has 0 N–H and O–H groups in total. The summed E-state index contributed by atoms with van der Waals surface area (Å²) in [5.41, 5.74) is 2.40. The lowest BCUT2D eigenvalue weighted by Gasteiger charge is -2.10. The van der Waals surface area contributed by atoms with E-state index in [-0.39, 0.29) is 0 Å². The van der Waals surface area contributed by atoms with E-state index in [0.29, 0.717) is 30.3 Å². The summed E-state index contributed by atoms with van der Waals surface area (Å²) in [6.07, 6.45) is 0. The van der Waals surface area contributed by atoms with E-state index >= 15 is 0 Å². The molecule has 0 amide bonds. The van der Waals surface area contributed by atoms with Gasteiger partial charge in [-0.3, -0.25) is 0 Å². The van der Waals surface area contributed by atoms with E-state index in [2.05, 4.69) is 0 Å². The topological polar surface area (TPSA) is 44.8 Å². The molecular weight excluding hydrogens is 340 g/mol. The van der Waals surface area contributed by atoms with Crippen molar-refractivity contribution in [3.05, 3.63) is 89.5 Å². The van der Waals surface area contributed by atoms with Crippen molar-refractivity contribution in [2.75, 3.05) is 13.2 Å². The third-order valence-corrected chi connectivity index (χ3v) is 3.98. The van der Waals surface area contributed by atoms with Gasteiger partial charge in [-0.1, -0.05) is 36.4 Å². The molecule has 0 saturated heterocycles. The minimum absolute atomic E-state index is 0.379. The summed E-state index contributed by atoms with van der Waals surface area (Å²) in [5.74, 6) is 1.56. The third kappa shape index (κ3) is 5.35. The molecule has 0 unspecified atom stereocenters. The lowest BCUT2D eigenvalue weighted by molar-refractivity contribution is 0.0733. The quantitative estimate of drug-likeness (QED) is 0.338. The molecule has 0 bridgehead atoms. The number of aryl methyl sites for hydroxylation is 2. The summed E-state index contributed by atoms with van der Waals surface area (Å²) < 4.78 is 16.8. The van der Waals surface area contributed by atoms with Crippen LogP contribution in [0, 0.1) is 13.8 Å². The highest BCUT2D eigenvalue weighted by Crippen LogP contribution is 2.21. The molecule has 0 aromatic heterocycles. The van der Waals surface area contributed by atoms with Crippen molar-refractivity contribution in [3.8, 4) is 17.2 Å². The van der Waals surface area contributed by atoms with Gasteiger partial charge in [-0.25, -0.2) is 4.79 Å². The smallest absolute Gasteiger partial charge is 0.343 e. The maximum atomic E-state index is 12.4. The Labute approximate surface area is 159 Å². The van der Waals surface area contributed by atoms with Crippen molar-refractivity contribution < 1.29 is 19.0 Å². The fourth-order valence-corrected chi connectivity index (χ4v) is 2.52. The zero-order valence-electron chi connectivity index (χ0n) is 15.5. The van der Waals surface area contributed by atoms with E-state index in [9.17, 15) is 4.79 Å². The van der Waals surface area contributed by atoms with Gasteiger partial charge >= 0.3 is 5.97 Å². The van der Waals surface area contributed by atoms with E-state index in [0.717, 1.165) is 16.9 Å². The summed E-state index contributed by atoms with van der Waals surface area (Å²) in [4.78, 5) is 12.4. The van der Waals surface area contributed by atoms with Gasteiger partial charge < -0.3 is 14.2 Å². The van der Waals surface area contributed by atoms with Crippen LogP contribution >= 0.6 is 0 Å². The highest BCUT2D eigenvalue weighted by Gasteiger charge is 2.11. The Morgan fingerprint density at radius 1 is 0.778 bits per heavy atom. The van der Waals surface area contributed by atoms with Gasteiger partial charge in [0.1, 0.15) is 30.5 Å². The van der Waals surface area contributed by atoms with E-state index in [1.807, 2.05) is 62.4 Å². The Hall–Kier alpha value is -3.27. The molecule has 0 atom stereocenters. The van der Waals surface area contributed by atoms with Gasteiger partial charge in [-0.2, -0.15) is 0 Å². The second-order valence-electron chi connectivity index (χ2n) is 6.20. The van der Waals surface area contributed by atoms with Crippen LogP contribution in [-0.4, -0.2) is 19.2 Å². The molecule has 3 aromatic carbocycles. The van der Waals surface area contributed by atoms with Gasteiger partial charge in [-0.15, -0.1) is 0 Å². The third-order valence-electron chi connectivity index (χ3n) is 3.98. The van der Waals surface area contributed by atoms with Gasteiger partial charge in [0.25, 0.3) is 0 Å². The number of ether oxygens (including phenoxy) is 3. The zero-order chi connectivity index (χ0) is 19.1. The normalized spacial score (nSPS) is 10.3. The minimum Gasteiger partial charge on any atom is -0.490 e. The zero-order valence-corrected chi connectivity index (χ0v) is 15.5. The summed E-state index contributed by atoms with van der Waals surface area (Å²) in [7, 11) is 0. The molecule has 3 aromatic rings. The molecular formula is C23H22O4. The van der Waals surface area contributed by atoms with Crippen LogP contribution < -0.4 is 14.2 Å². The Bertz CT molecular complexity index is 903. The molecule has 4 heteroatoms. The second kappa shape index (κ2) is 8.90. The van der Waals surface area contributed by atoms with Crippen LogP contribution in [0.25, 0.3) is 0 Å². The first-order chi connectivity index (χ1) is 13.1. The number of hydrogen-bond acceptors (Lipinski definition) is 4. The number of carbonyl (C=O) groups excluding carboxylic acids is 1. The Morgan fingerprint density at radius 2 is 1.48 bits per heavy atom. The molecule has 4 nitrogen and oxygen atoms in total. The van der Waals surface area contributed by atoms with Crippen LogP contribution in [0.15, 0.2) is 72.8 Å². The monoisotopic (exact) mass is 362 g/mol. The maximum Gasteiger partial charge on any atom is 0.343 e. The molecule has 27 heavy (non-hydrogen) atoms. The van der Waals surface area contributed by atoms with E-state index < -0.39 is 5.97 Å². The summed E-state index contributed by atoms with van der Waals surface area (Å²) in [6.45, 7) is 4.67. The minimum atomic E-state index is -0.408. The van der Waals surface area contributed by atoms with Gasteiger partial charge in [0.05, 0.1) is 5.56 Å². The van der Waals surface area contributed by atoms with Crippen LogP contribution in [-0.2, 0) is 0 Å². The van der Waals surface area contributed by atoms with Gasteiger partial charge in [0, 0.05) is 0 Å².